The van der Waals surface area contributed by atoms with Crippen LogP contribution in [0.1, 0.15) is 12.6 Å². The number of benzene rings is 1. The highest BCUT2D eigenvalue weighted by Gasteiger charge is 2.14. The summed E-state index contributed by atoms with van der Waals surface area (Å²) < 4.78 is 5.16. The van der Waals surface area contributed by atoms with E-state index in [1.807, 2.05) is 0 Å². The number of ether oxygens (including phenoxy) is 1. The number of nitrogens with zero attached hydrogens (tertiary/aromatic N) is 3. The number of hydrogen-bond donors (Lipinski definition) is 1. The number of carbonyl (C=O) groups excluding carboxylic acids is 1. The predicted octanol–water partition coefficient (Wildman–Crippen LogP) is 1.91. The van der Waals surface area contributed by atoms with E-state index in [9.17, 15) is 14.9 Å². The van der Waals surface area contributed by atoms with Gasteiger partial charge >= 0.3 is 5.69 Å². The lowest BCUT2D eigenvalue weighted by atomic mass is 10.3. The standard InChI is InChI=1S/C15H14N4O4/c1-11(12-6-4-5-9-16-12)17-18-15(20)10-23-14-8-3-2-7-13(14)19(21)22/h2-9H,10H2,1H3,(H,18,20)/b17-11+. The van der Waals surface area contributed by atoms with E-state index in [1.54, 1.807) is 37.4 Å². The molecule has 2 aromatic rings. The molecule has 2 rings (SSSR count). The Kier molecular flexibility index (Phi) is 5.35. The Labute approximate surface area is 132 Å². The maximum atomic E-state index is 11.7. The van der Waals surface area contributed by atoms with Crippen LogP contribution >= 0.6 is 0 Å². The van der Waals surface area contributed by atoms with Gasteiger partial charge in [-0.2, -0.15) is 5.10 Å². The van der Waals surface area contributed by atoms with Crippen LogP contribution in [-0.2, 0) is 4.79 Å². The van der Waals surface area contributed by atoms with E-state index in [0.717, 1.165) is 0 Å². The summed E-state index contributed by atoms with van der Waals surface area (Å²) in [6.07, 6.45) is 1.62. The first-order chi connectivity index (χ1) is 11.1. The SMILES string of the molecule is C/C(=N\NC(=O)COc1ccccc1[N+](=O)[O-])c1ccccn1. The van der Waals surface area contributed by atoms with Gasteiger partial charge in [0.15, 0.2) is 12.4 Å². The van der Waals surface area contributed by atoms with Gasteiger partial charge in [-0.15, -0.1) is 0 Å². The Balaban J connectivity index is 1.92. The third kappa shape index (κ3) is 4.60. The average molecular weight is 314 g/mol. The Morgan fingerprint density at radius 2 is 2.04 bits per heavy atom. The Morgan fingerprint density at radius 3 is 2.74 bits per heavy atom. The van der Waals surface area contributed by atoms with Gasteiger partial charge in [-0.05, 0) is 25.1 Å². The Bertz CT molecular complexity index is 731. The number of hydrazone groups is 1. The lowest BCUT2D eigenvalue weighted by Crippen LogP contribution is -2.25. The van der Waals surface area contributed by atoms with Crippen LogP contribution in [0.25, 0.3) is 0 Å². The molecule has 1 aromatic carbocycles. The van der Waals surface area contributed by atoms with Crippen molar-refractivity contribution in [3.63, 3.8) is 0 Å². The van der Waals surface area contributed by atoms with Gasteiger partial charge in [0, 0.05) is 12.3 Å². The molecule has 8 heteroatoms. The van der Waals surface area contributed by atoms with Gasteiger partial charge in [0.2, 0.25) is 0 Å². The normalized spacial score (nSPS) is 10.9. The minimum Gasteiger partial charge on any atom is -0.477 e. The minimum absolute atomic E-state index is 0.0260. The van der Waals surface area contributed by atoms with Crippen molar-refractivity contribution in [2.45, 2.75) is 6.92 Å². The molecular weight excluding hydrogens is 300 g/mol. The van der Waals surface area contributed by atoms with Crippen molar-refractivity contribution in [1.82, 2.24) is 10.4 Å². The van der Waals surface area contributed by atoms with Gasteiger partial charge in [-0.25, -0.2) is 5.43 Å². The van der Waals surface area contributed by atoms with E-state index in [-0.39, 0.29) is 18.0 Å². The number of nitrogens with one attached hydrogen (secondary N) is 1. The third-order valence-corrected chi connectivity index (χ3v) is 2.80. The molecule has 1 N–H and O–H groups in total. The molecule has 0 bridgehead atoms. The van der Waals surface area contributed by atoms with Crippen molar-refractivity contribution in [2.24, 2.45) is 5.10 Å². The fraction of sp³-hybridized carbons (Fsp3) is 0.133. The summed E-state index contributed by atoms with van der Waals surface area (Å²) in [5.41, 5.74) is 3.28. The largest absolute Gasteiger partial charge is 0.477 e. The molecule has 0 saturated carbocycles. The molecule has 0 saturated heterocycles. The Morgan fingerprint density at radius 1 is 1.30 bits per heavy atom. The first-order valence-corrected chi connectivity index (χ1v) is 6.68. The molecule has 0 fully saturated rings. The molecule has 0 atom stereocenters. The quantitative estimate of drug-likeness (QED) is 0.498. The average Bonchev–Trinajstić information content (AvgIpc) is 2.58. The highest BCUT2D eigenvalue weighted by molar-refractivity contribution is 5.97. The maximum absolute atomic E-state index is 11.7. The second-order valence-corrected chi connectivity index (χ2v) is 4.46. The van der Waals surface area contributed by atoms with Gasteiger partial charge < -0.3 is 4.74 Å². The van der Waals surface area contributed by atoms with Crippen LogP contribution in [-0.4, -0.2) is 28.1 Å². The molecule has 0 aliphatic carbocycles. The fourth-order valence-corrected chi connectivity index (χ4v) is 1.69. The number of pyridine rings is 1. The number of aromatic nitrogens is 1. The zero-order chi connectivity index (χ0) is 16.7. The lowest BCUT2D eigenvalue weighted by molar-refractivity contribution is -0.385. The lowest BCUT2D eigenvalue weighted by Gasteiger charge is -2.06. The summed E-state index contributed by atoms with van der Waals surface area (Å²) in [6.45, 7) is 1.31. The van der Waals surface area contributed by atoms with Crippen LogP contribution in [0.3, 0.4) is 0 Å². The highest BCUT2D eigenvalue weighted by atomic mass is 16.6. The van der Waals surface area contributed by atoms with Crippen molar-refractivity contribution in [3.8, 4) is 5.75 Å². The number of rotatable bonds is 6. The smallest absolute Gasteiger partial charge is 0.310 e. The van der Waals surface area contributed by atoms with E-state index < -0.39 is 10.8 Å². The molecule has 0 radical (unpaired) electrons. The maximum Gasteiger partial charge on any atom is 0.310 e. The molecule has 1 amide bonds. The van der Waals surface area contributed by atoms with Crippen molar-refractivity contribution in [3.05, 3.63) is 64.5 Å². The molecule has 0 aliphatic heterocycles. The number of para-hydroxylation sites is 2. The van der Waals surface area contributed by atoms with Crippen molar-refractivity contribution < 1.29 is 14.5 Å². The second-order valence-electron chi connectivity index (χ2n) is 4.46. The van der Waals surface area contributed by atoms with Crippen molar-refractivity contribution in [2.75, 3.05) is 6.61 Å². The summed E-state index contributed by atoms with van der Waals surface area (Å²) in [5, 5.41) is 14.7. The van der Waals surface area contributed by atoms with Crippen LogP contribution in [0.15, 0.2) is 53.8 Å². The molecule has 8 nitrogen and oxygen atoms in total. The van der Waals surface area contributed by atoms with Crippen LogP contribution in [0.2, 0.25) is 0 Å². The van der Waals surface area contributed by atoms with E-state index >= 15 is 0 Å². The monoisotopic (exact) mass is 314 g/mol. The van der Waals surface area contributed by atoms with Crippen LogP contribution in [0, 0.1) is 10.1 Å². The van der Waals surface area contributed by atoms with Gasteiger partial charge in [0.05, 0.1) is 16.3 Å². The van der Waals surface area contributed by atoms with Crippen LogP contribution in [0.5, 0.6) is 5.75 Å². The Hall–Kier alpha value is -3.29. The summed E-state index contributed by atoms with van der Waals surface area (Å²) in [4.78, 5) is 26.1. The van der Waals surface area contributed by atoms with Gasteiger partial charge in [0.25, 0.3) is 5.91 Å². The van der Waals surface area contributed by atoms with E-state index in [1.165, 1.54) is 18.2 Å². The zero-order valence-electron chi connectivity index (χ0n) is 12.3. The van der Waals surface area contributed by atoms with Crippen molar-refractivity contribution >= 4 is 17.3 Å². The number of nitro groups is 1. The molecule has 118 valence electrons. The summed E-state index contributed by atoms with van der Waals surface area (Å²) >= 11 is 0. The van der Waals surface area contributed by atoms with E-state index in [2.05, 4.69) is 15.5 Å². The van der Waals surface area contributed by atoms with Crippen LogP contribution in [0.4, 0.5) is 5.69 Å². The van der Waals surface area contributed by atoms with Gasteiger partial charge in [-0.1, -0.05) is 18.2 Å². The molecule has 0 spiro atoms. The molecule has 23 heavy (non-hydrogen) atoms. The van der Waals surface area contributed by atoms with Crippen molar-refractivity contribution in [1.29, 1.82) is 0 Å². The number of carbonyl (C=O) groups is 1. The number of nitro benzene ring substituents is 1. The van der Waals surface area contributed by atoms with E-state index in [4.69, 9.17) is 4.74 Å². The second kappa shape index (κ2) is 7.64. The molecule has 0 unspecified atom stereocenters. The summed E-state index contributed by atoms with van der Waals surface area (Å²) in [7, 11) is 0. The number of hydrogen-bond acceptors (Lipinski definition) is 6. The van der Waals surface area contributed by atoms with E-state index in [0.29, 0.717) is 11.4 Å². The first kappa shape index (κ1) is 16.1. The highest BCUT2D eigenvalue weighted by Crippen LogP contribution is 2.25. The molecule has 1 aromatic heterocycles. The summed E-state index contributed by atoms with van der Waals surface area (Å²) in [6, 6.07) is 11.2. The third-order valence-electron chi connectivity index (χ3n) is 2.80. The first-order valence-electron chi connectivity index (χ1n) is 6.68. The number of amides is 1. The van der Waals surface area contributed by atoms with Crippen LogP contribution < -0.4 is 10.2 Å². The predicted molar refractivity (Wildman–Crippen MR) is 83.2 cm³/mol. The molecule has 0 aliphatic rings. The van der Waals surface area contributed by atoms with Gasteiger partial charge in [-0.3, -0.25) is 19.9 Å². The zero-order valence-corrected chi connectivity index (χ0v) is 12.3. The molecule has 1 heterocycles. The summed E-state index contributed by atoms with van der Waals surface area (Å²) in [5.74, 6) is -0.503. The fourth-order valence-electron chi connectivity index (χ4n) is 1.69. The molecular formula is C15H14N4O4. The van der Waals surface area contributed by atoms with Gasteiger partial charge in [0.1, 0.15) is 0 Å². The minimum atomic E-state index is -0.573. The topological polar surface area (TPSA) is 107 Å².